The van der Waals surface area contributed by atoms with Crippen molar-refractivity contribution in [2.24, 2.45) is 0 Å². The summed E-state index contributed by atoms with van der Waals surface area (Å²) in [6.45, 7) is 3.74. The van der Waals surface area contributed by atoms with Crippen molar-refractivity contribution < 1.29 is 9.52 Å². The van der Waals surface area contributed by atoms with Gasteiger partial charge in [-0.25, -0.2) is 0 Å². The van der Waals surface area contributed by atoms with Gasteiger partial charge in [0.25, 0.3) is 0 Å². The zero-order valence-corrected chi connectivity index (χ0v) is 14.5. The molecule has 1 fully saturated rings. The summed E-state index contributed by atoms with van der Waals surface area (Å²) in [5, 5.41) is 20.7. The second-order valence-electron chi connectivity index (χ2n) is 6.18. The van der Waals surface area contributed by atoms with E-state index in [2.05, 4.69) is 15.1 Å². The fraction of sp³-hybridized carbons (Fsp3) is 0.647. The first-order chi connectivity index (χ1) is 11.3. The maximum Gasteiger partial charge on any atom is 0.230 e. The van der Waals surface area contributed by atoms with Gasteiger partial charge in [-0.1, -0.05) is 25.8 Å². The van der Waals surface area contributed by atoms with E-state index < -0.39 is 0 Å². The summed E-state index contributed by atoms with van der Waals surface area (Å²) in [5.41, 5.74) is 0. The lowest BCUT2D eigenvalue weighted by Crippen LogP contribution is -2.35. The smallest absolute Gasteiger partial charge is 0.230 e. The minimum absolute atomic E-state index is 0.367. The lowest BCUT2D eigenvalue weighted by Gasteiger charge is -2.30. The molecule has 0 aromatic carbocycles. The Bertz CT molecular complexity index is 584. The van der Waals surface area contributed by atoms with Crippen molar-refractivity contribution in [1.82, 2.24) is 15.1 Å². The molecule has 2 aromatic heterocycles. The first-order valence-electron chi connectivity index (χ1n) is 8.53. The Kier molecular flexibility index (Phi) is 5.80. The molecule has 0 saturated carbocycles. The van der Waals surface area contributed by atoms with Gasteiger partial charge in [-0.05, 0) is 37.3 Å². The Hall–Kier alpha value is -1.24. The van der Waals surface area contributed by atoms with Crippen molar-refractivity contribution in [2.45, 2.75) is 64.1 Å². The molecule has 1 saturated heterocycles. The van der Waals surface area contributed by atoms with Gasteiger partial charge in [0.05, 0.1) is 12.6 Å². The first-order valence-corrected chi connectivity index (χ1v) is 9.41. The molecule has 5 nitrogen and oxygen atoms in total. The van der Waals surface area contributed by atoms with Crippen LogP contribution in [0.4, 0.5) is 0 Å². The highest BCUT2D eigenvalue weighted by atomic mass is 32.1. The van der Waals surface area contributed by atoms with Gasteiger partial charge in [-0.15, -0.1) is 21.5 Å². The van der Waals surface area contributed by atoms with Gasteiger partial charge in [0.15, 0.2) is 0 Å². The van der Waals surface area contributed by atoms with Crippen molar-refractivity contribution in [3.8, 4) is 0 Å². The fourth-order valence-corrected chi connectivity index (χ4v) is 3.96. The van der Waals surface area contributed by atoms with Crippen molar-refractivity contribution >= 4 is 11.3 Å². The van der Waals surface area contributed by atoms with Crippen molar-refractivity contribution in [1.29, 1.82) is 0 Å². The number of nitrogens with zero attached hydrogens (tertiary/aromatic N) is 3. The average Bonchev–Trinajstić information content (AvgIpc) is 3.19. The summed E-state index contributed by atoms with van der Waals surface area (Å²) >= 11 is 1.63. The molecule has 0 amide bonds. The van der Waals surface area contributed by atoms with E-state index in [1.54, 1.807) is 11.3 Å². The fourth-order valence-electron chi connectivity index (χ4n) is 3.24. The third kappa shape index (κ3) is 4.40. The topological polar surface area (TPSA) is 62.4 Å². The molecule has 1 aliphatic heterocycles. The number of hydrogen-bond acceptors (Lipinski definition) is 6. The van der Waals surface area contributed by atoms with E-state index >= 15 is 0 Å². The molecule has 2 aromatic rings. The second kappa shape index (κ2) is 8.04. The van der Waals surface area contributed by atoms with E-state index in [0.29, 0.717) is 24.4 Å². The van der Waals surface area contributed by atoms with Crippen LogP contribution >= 0.6 is 11.3 Å². The standard InChI is InChI=1S/C17H25N3O2S/c1-2-16-18-19-17(22-16)12-20-9-5-3-4-7-13(20)11-14(21)15-8-6-10-23-15/h6,8,10,13-14,21H,2-5,7,9,11-12H2,1H3/t13-,14-/m0/s1. The van der Waals surface area contributed by atoms with Crippen LogP contribution in [0.2, 0.25) is 0 Å². The van der Waals surface area contributed by atoms with Crippen LogP contribution in [0.1, 0.15) is 61.8 Å². The average molecular weight is 335 g/mol. The minimum atomic E-state index is -0.380. The molecule has 23 heavy (non-hydrogen) atoms. The number of aliphatic hydroxyl groups is 1. The van der Waals surface area contributed by atoms with Crippen LogP contribution < -0.4 is 0 Å². The van der Waals surface area contributed by atoms with E-state index in [1.807, 2.05) is 24.4 Å². The molecule has 0 bridgehead atoms. The molecule has 0 unspecified atom stereocenters. The molecule has 3 rings (SSSR count). The molecule has 126 valence electrons. The highest BCUT2D eigenvalue weighted by Crippen LogP contribution is 2.29. The third-order valence-electron chi connectivity index (χ3n) is 4.52. The Balaban J connectivity index is 1.66. The molecule has 0 aliphatic carbocycles. The number of rotatable bonds is 6. The van der Waals surface area contributed by atoms with Gasteiger partial charge in [0.2, 0.25) is 11.8 Å². The summed E-state index contributed by atoms with van der Waals surface area (Å²) in [6, 6.07) is 4.38. The minimum Gasteiger partial charge on any atom is -0.424 e. The summed E-state index contributed by atoms with van der Waals surface area (Å²) < 4.78 is 5.68. The maximum atomic E-state index is 10.5. The number of aliphatic hydroxyl groups excluding tert-OH is 1. The molecule has 1 N–H and O–H groups in total. The maximum absolute atomic E-state index is 10.5. The molecule has 0 spiro atoms. The number of thiophene rings is 1. The Morgan fingerprint density at radius 3 is 2.96 bits per heavy atom. The second-order valence-corrected chi connectivity index (χ2v) is 7.16. The molecule has 6 heteroatoms. The van der Waals surface area contributed by atoms with E-state index in [1.165, 1.54) is 19.3 Å². The molecule has 1 aliphatic rings. The summed E-state index contributed by atoms with van der Waals surface area (Å²) in [6.07, 6.45) is 5.96. The van der Waals surface area contributed by atoms with Crippen molar-refractivity contribution in [2.75, 3.05) is 6.54 Å². The predicted octanol–water partition coefficient (Wildman–Crippen LogP) is 3.56. The lowest BCUT2D eigenvalue weighted by molar-refractivity contribution is 0.0939. The number of hydrogen-bond donors (Lipinski definition) is 1. The monoisotopic (exact) mass is 335 g/mol. The van der Waals surface area contributed by atoms with Gasteiger partial charge in [-0.2, -0.15) is 0 Å². The van der Waals surface area contributed by atoms with Gasteiger partial charge < -0.3 is 9.52 Å². The molecule has 2 atom stereocenters. The normalized spacial score (nSPS) is 21.2. The third-order valence-corrected chi connectivity index (χ3v) is 5.49. The van der Waals surface area contributed by atoms with E-state index in [0.717, 1.165) is 30.7 Å². The summed E-state index contributed by atoms with van der Waals surface area (Å²) in [4.78, 5) is 3.47. The Morgan fingerprint density at radius 1 is 1.35 bits per heavy atom. The quantitative estimate of drug-likeness (QED) is 0.874. The first kappa shape index (κ1) is 16.6. The van der Waals surface area contributed by atoms with Crippen LogP contribution in [0.5, 0.6) is 0 Å². The highest BCUT2D eigenvalue weighted by Gasteiger charge is 2.26. The van der Waals surface area contributed by atoms with E-state index in [9.17, 15) is 5.11 Å². The molecule has 3 heterocycles. The number of likely N-dealkylation sites (tertiary alicyclic amines) is 1. The van der Waals surface area contributed by atoms with Crippen LogP contribution in [0.15, 0.2) is 21.9 Å². The van der Waals surface area contributed by atoms with Crippen molar-refractivity contribution in [3.63, 3.8) is 0 Å². The number of aryl methyl sites for hydroxylation is 1. The predicted molar refractivity (Wildman–Crippen MR) is 90.2 cm³/mol. The molecule has 0 radical (unpaired) electrons. The molecular weight excluding hydrogens is 310 g/mol. The van der Waals surface area contributed by atoms with Crippen LogP contribution in [-0.2, 0) is 13.0 Å². The Morgan fingerprint density at radius 2 is 2.22 bits per heavy atom. The van der Waals surface area contributed by atoms with Gasteiger partial charge in [0, 0.05) is 17.3 Å². The van der Waals surface area contributed by atoms with Crippen LogP contribution in [-0.4, -0.2) is 32.8 Å². The van der Waals surface area contributed by atoms with Gasteiger partial charge in [0.1, 0.15) is 0 Å². The Labute approximate surface area is 141 Å². The summed E-state index contributed by atoms with van der Waals surface area (Å²) in [7, 11) is 0. The highest BCUT2D eigenvalue weighted by molar-refractivity contribution is 7.10. The largest absolute Gasteiger partial charge is 0.424 e. The zero-order valence-electron chi connectivity index (χ0n) is 13.6. The zero-order chi connectivity index (χ0) is 16.1. The van der Waals surface area contributed by atoms with Crippen molar-refractivity contribution in [3.05, 3.63) is 34.2 Å². The van der Waals surface area contributed by atoms with Gasteiger partial charge in [-0.3, -0.25) is 4.90 Å². The van der Waals surface area contributed by atoms with Crippen LogP contribution in [0.3, 0.4) is 0 Å². The lowest BCUT2D eigenvalue weighted by atomic mass is 10.0. The number of aromatic nitrogens is 2. The van der Waals surface area contributed by atoms with Crippen LogP contribution in [0, 0.1) is 0 Å². The SMILES string of the molecule is CCc1nnc(CN2CCCCC[C@H]2C[C@H](O)c2cccs2)o1. The van der Waals surface area contributed by atoms with Gasteiger partial charge >= 0.3 is 0 Å². The summed E-state index contributed by atoms with van der Waals surface area (Å²) in [5.74, 6) is 1.39. The van der Waals surface area contributed by atoms with E-state index in [4.69, 9.17) is 4.42 Å². The molecular formula is C17H25N3O2S. The van der Waals surface area contributed by atoms with Crippen LogP contribution in [0.25, 0.3) is 0 Å². The van der Waals surface area contributed by atoms with E-state index in [-0.39, 0.29) is 6.10 Å².